The van der Waals surface area contributed by atoms with E-state index in [1.54, 1.807) is 43.0 Å². The van der Waals surface area contributed by atoms with Crippen molar-refractivity contribution in [3.63, 3.8) is 0 Å². The molecule has 2 aromatic heterocycles. The van der Waals surface area contributed by atoms with Crippen molar-refractivity contribution in [2.75, 3.05) is 97.8 Å². The molecule has 3 unspecified atom stereocenters. The van der Waals surface area contributed by atoms with Crippen LogP contribution in [0, 0.1) is 11.8 Å². The number of benzene rings is 2. The molecular weight excluding hydrogens is 1100 g/mol. The number of methoxy groups -OCH3 is 1. The van der Waals surface area contributed by atoms with Crippen LogP contribution in [0.25, 0.3) is 17.3 Å². The van der Waals surface area contributed by atoms with Crippen LogP contribution < -0.4 is 31.3 Å². The molecule has 3 fully saturated rings. The lowest BCUT2D eigenvalue weighted by Crippen LogP contribution is -2.57. The van der Waals surface area contributed by atoms with E-state index in [9.17, 15) is 37.5 Å². The highest BCUT2D eigenvalue weighted by molar-refractivity contribution is 7.20. The molecule has 2 aliphatic carbocycles. The minimum atomic E-state index is -2.61. The zero-order valence-electron chi connectivity index (χ0n) is 48.6. The maximum atomic E-state index is 14.3. The van der Waals surface area contributed by atoms with Crippen LogP contribution in [0.5, 0.6) is 5.75 Å². The average Bonchev–Trinajstić information content (AvgIpc) is 4.05. The number of hydrogen-bond acceptors (Lipinski definition) is 15. The molecule has 2 saturated carbocycles. The van der Waals surface area contributed by atoms with Gasteiger partial charge in [-0.3, -0.25) is 34.1 Å². The molecule has 1 saturated heterocycles. The van der Waals surface area contributed by atoms with E-state index in [0.29, 0.717) is 93.8 Å². The molecule has 5 N–H and O–H groups in total. The molecule has 456 valence electrons. The van der Waals surface area contributed by atoms with E-state index in [4.69, 9.17) is 23.7 Å². The molecule has 6 amide bonds. The van der Waals surface area contributed by atoms with Crippen LogP contribution in [0.4, 0.5) is 18.9 Å². The number of halogens is 2. The summed E-state index contributed by atoms with van der Waals surface area (Å²) in [7, 11) is 4.91. The number of ether oxygens (including phenoxy) is 5. The van der Waals surface area contributed by atoms with Gasteiger partial charge in [-0.2, -0.15) is 0 Å². The van der Waals surface area contributed by atoms with Crippen molar-refractivity contribution in [3.05, 3.63) is 95.3 Å². The largest absolute Gasteiger partial charge is 0.495 e. The van der Waals surface area contributed by atoms with Crippen molar-refractivity contribution < 1.29 is 61.2 Å². The first-order valence-corrected chi connectivity index (χ1v) is 29.9. The highest BCUT2D eigenvalue weighted by atomic mass is 32.1. The highest BCUT2D eigenvalue weighted by Crippen LogP contribution is 2.39. The van der Waals surface area contributed by atoms with Gasteiger partial charge in [0.15, 0.2) is 5.13 Å². The number of rotatable bonds is 31. The van der Waals surface area contributed by atoms with Crippen molar-refractivity contribution in [2.45, 2.75) is 115 Å². The van der Waals surface area contributed by atoms with Crippen LogP contribution in [-0.4, -0.2) is 166 Å². The maximum Gasteiger partial charge on any atom is 0.270 e. The Hall–Kier alpha value is -6.76. The molecule has 84 heavy (non-hydrogen) atoms. The molecule has 3 atom stereocenters. The number of nitrogens with zero attached hydrogens (tertiary/aromatic N) is 4. The third kappa shape index (κ3) is 19.9. The summed E-state index contributed by atoms with van der Waals surface area (Å²) >= 11 is 1.11. The number of amides is 6. The van der Waals surface area contributed by atoms with Crippen molar-refractivity contribution in [1.29, 1.82) is 0 Å². The third-order valence-corrected chi connectivity index (χ3v) is 16.2. The van der Waals surface area contributed by atoms with Gasteiger partial charge < -0.3 is 54.8 Å². The molecule has 3 heterocycles. The SMILES string of the molecule is CNC(C)C(=O)NC(C(=O)N1CCCC1C(=O)Nc1sc(NC(=O)COCCOCCOCCOCCN(C)C(=O)Cc2cccc(CNC(=O)c3cc(C=CC4CCC(F)(F)CC4)c(OC)cn3)c2)nc1-c1ccccc1)C1CCCCC1. The van der Waals surface area contributed by atoms with Crippen molar-refractivity contribution >= 4 is 63.0 Å². The summed E-state index contributed by atoms with van der Waals surface area (Å²) in [5, 5.41) is 15.3. The van der Waals surface area contributed by atoms with Crippen LogP contribution in [-0.2, 0) is 55.9 Å². The summed E-state index contributed by atoms with van der Waals surface area (Å²) in [6, 6.07) is 16.4. The van der Waals surface area contributed by atoms with E-state index in [0.717, 1.165) is 60.1 Å². The molecule has 4 aromatic rings. The minimum absolute atomic E-state index is 0.0104. The standard InChI is InChI=1S/C61H81F2N9O11S/c1-41(64-2)55(75)68-54(46-17-9-6-10-18-46)59(78)72-26-12-19-49(72)57(77)70-58-53(45-15-7-5-8-16-45)69-60(84-58)67-51(73)40-83-34-33-82-32-31-81-30-29-80-28-27-71(3)52(74)36-43-13-11-14-44(35-43)38-66-56(76)48-37-47(50(79-4)39-65-48)21-20-42-22-24-61(62,63)25-23-42/h5,7-8,11,13-16,20-21,35,37,39,41-42,46,49,54,64H,6,9-10,12,17-19,22-34,36,38,40H2,1-4H3,(H,66,76)(H,68,75)(H,70,77)(H,67,69,73). The van der Waals surface area contributed by atoms with Gasteiger partial charge in [0.1, 0.15) is 40.8 Å². The summed E-state index contributed by atoms with van der Waals surface area (Å²) in [5.74, 6) is -3.92. The van der Waals surface area contributed by atoms with Gasteiger partial charge in [0.05, 0.1) is 72.0 Å². The van der Waals surface area contributed by atoms with Crippen molar-refractivity contribution in [2.24, 2.45) is 11.8 Å². The molecule has 1 aliphatic heterocycles. The van der Waals surface area contributed by atoms with Gasteiger partial charge in [0, 0.05) is 50.7 Å². The van der Waals surface area contributed by atoms with Crippen molar-refractivity contribution in [3.8, 4) is 17.0 Å². The molecule has 7 rings (SSSR count). The van der Waals surface area contributed by atoms with Crippen LogP contribution in [0.2, 0.25) is 0 Å². The fraction of sp³-hybridized carbons (Fsp3) is 0.541. The number of thiazole rings is 1. The van der Waals surface area contributed by atoms with E-state index in [-0.39, 0.29) is 91.9 Å². The molecule has 2 aromatic carbocycles. The fourth-order valence-corrected chi connectivity index (χ4v) is 11.2. The number of likely N-dealkylation sites (tertiary alicyclic amines) is 1. The normalized spacial score (nSPS) is 17.1. The summed E-state index contributed by atoms with van der Waals surface area (Å²) in [5.41, 5.74) is 3.61. The first kappa shape index (κ1) is 64.8. The smallest absolute Gasteiger partial charge is 0.270 e. The number of hydrogen-bond donors (Lipinski definition) is 5. The molecule has 0 spiro atoms. The summed E-state index contributed by atoms with van der Waals surface area (Å²) in [6.07, 6.45) is 11.7. The lowest BCUT2D eigenvalue weighted by atomic mass is 9.83. The highest BCUT2D eigenvalue weighted by Gasteiger charge is 2.41. The molecular formula is C61H81F2N9O11S. The quantitative estimate of drug-likeness (QED) is 0.0311. The Balaban J connectivity index is 0.745. The Labute approximate surface area is 494 Å². The topological polar surface area (TPSA) is 241 Å². The summed E-state index contributed by atoms with van der Waals surface area (Å²) in [6.45, 7) is 4.42. The Kier molecular flexibility index (Phi) is 25.5. The Morgan fingerprint density at radius 3 is 2.23 bits per heavy atom. The number of aromatic nitrogens is 2. The number of pyridine rings is 1. The van der Waals surface area contributed by atoms with Gasteiger partial charge in [-0.15, -0.1) is 0 Å². The number of allylic oxidation sites excluding steroid dienone is 1. The number of alkyl halides is 2. The third-order valence-electron chi connectivity index (χ3n) is 15.3. The summed E-state index contributed by atoms with van der Waals surface area (Å²) < 4.78 is 55.1. The van der Waals surface area contributed by atoms with Gasteiger partial charge in [0.2, 0.25) is 29.6 Å². The monoisotopic (exact) mass is 1190 g/mol. The van der Waals surface area contributed by atoms with Gasteiger partial charge in [0.25, 0.3) is 11.8 Å². The maximum absolute atomic E-state index is 14.3. The van der Waals surface area contributed by atoms with E-state index in [1.807, 2.05) is 60.7 Å². The molecule has 3 aliphatic rings. The minimum Gasteiger partial charge on any atom is -0.495 e. The van der Waals surface area contributed by atoms with E-state index < -0.39 is 35.9 Å². The van der Waals surface area contributed by atoms with E-state index >= 15 is 0 Å². The Morgan fingerprint density at radius 2 is 1.52 bits per heavy atom. The van der Waals surface area contributed by atoms with Crippen LogP contribution in [0.1, 0.15) is 105 Å². The number of anilines is 2. The van der Waals surface area contributed by atoms with Crippen molar-refractivity contribution in [1.82, 2.24) is 35.7 Å². The van der Waals surface area contributed by atoms with Gasteiger partial charge in [-0.25, -0.2) is 18.7 Å². The predicted octanol–water partition coefficient (Wildman–Crippen LogP) is 7.29. The molecule has 0 radical (unpaired) electrons. The second-order valence-corrected chi connectivity index (χ2v) is 22.4. The Bertz CT molecular complexity index is 2830. The number of likely N-dealkylation sites (N-methyl/N-ethyl adjacent to an activating group) is 2. The van der Waals surface area contributed by atoms with Crippen LogP contribution in [0.15, 0.2) is 72.9 Å². The summed E-state index contributed by atoms with van der Waals surface area (Å²) in [4.78, 5) is 92.6. The fourth-order valence-electron chi connectivity index (χ4n) is 10.3. The molecule has 0 bridgehead atoms. The lowest BCUT2D eigenvalue weighted by molar-refractivity contribution is -0.142. The van der Waals surface area contributed by atoms with Gasteiger partial charge >= 0.3 is 0 Å². The number of carbonyl (C=O) groups excluding carboxylic acids is 6. The average molecular weight is 1190 g/mol. The van der Waals surface area contributed by atoms with Crippen LogP contribution >= 0.6 is 11.3 Å². The molecule has 20 nitrogen and oxygen atoms in total. The zero-order valence-corrected chi connectivity index (χ0v) is 49.4. The van der Waals surface area contributed by atoms with Gasteiger partial charge in [-0.05, 0) is 81.5 Å². The first-order chi connectivity index (χ1) is 40.6. The van der Waals surface area contributed by atoms with E-state index in [2.05, 4.69) is 36.6 Å². The second kappa shape index (κ2) is 33.1. The zero-order chi connectivity index (χ0) is 59.8. The van der Waals surface area contributed by atoms with Gasteiger partial charge in [-0.1, -0.05) is 97.3 Å². The lowest BCUT2D eigenvalue weighted by Gasteiger charge is -2.35. The molecule has 23 heteroatoms. The predicted molar refractivity (Wildman–Crippen MR) is 316 cm³/mol. The number of nitrogens with one attached hydrogen (secondary N) is 5. The second-order valence-electron chi connectivity index (χ2n) is 21.4. The Morgan fingerprint density at radius 1 is 0.833 bits per heavy atom. The number of carbonyl (C=O) groups is 6. The van der Waals surface area contributed by atoms with Crippen LogP contribution in [0.3, 0.4) is 0 Å². The first-order valence-electron chi connectivity index (χ1n) is 29.1. The van der Waals surface area contributed by atoms with E-state index in [1.165, 1.54) is 13.3 Å².